The second-order valence-electron chi connectivity index (χ2n) is 15.3. The van der Waals surface area contributed by atoms with E-state index in [-0.39, 0.29) is 0 Å². The Morgan fingerprint density at radius 3 is 1.22 bits per heavy atom. The van der Waals surface area contributed by atoms with Crippen molar-refractivity contribution in [3.63, 3.8) is 0 Å². The molecule has 0 saturated carbocycles. The van der Waals surface area contributed by atoms with E-state index in [1.165, 1.54) is 66.8 Å². The number of allylic oxidation sites excluding steroid dienone is 8. The smallest absolute Gasteiger partial charge is 0.0462 e. The Balaban J connectivity index is 0.965. The van der Waals surface area contributed by atoms with Crippen LogP contribution in [-0.4, -0.2) is 0 Å². The van der Waals surface area contributed by atoms with Crippen LogP contribution in [0.15, 0.2) is 249 Å². The highest BCUT2D eigenvalue weighted by atomic mass is 15.1. The summed E-state index contributed by atoms with van der Waals surface area (Å²) in [6, 6.07) is 74.7. The predicted molar refractivity (Wildman–Crippen MR) is 251 cm³/mol. The molecule has 2 atom stereocenters. The number of fused-ring (bicyclic) bond motifs is 1. The van der Waals surface area contributed by atoms with Gasteiger partial charge in [-0.05, 0) is 109 Å². The molecule has 1 nitrogen and oxygen atoms in total. The van der Waals surface area contributed by atoms with Gasteiger partial charge in [-0.3, -0.25) is 0 Å². The largest absolute Gasteiger partial charge is 0.311 e. The molecule has 0 aliphatic heterocycles. The van der Waals surface area contributed by atoms with Crippen LogP contribution < -0.4 is 4.90 Å². The average molecular weight is 754 g/mol. The summed E-state index contributed by atoms with van der Waals surface area (Å²) < 4.78 is 0. The lowest BCUT2D eigenvalue weighted by molar-refractivity contribution is 0.663. The predicted octanol–water partition coefficient (Wildman–Crippen LogP) is 15.8. The summed E-state index contributed by atoms with van der Waals surface area (Å²) in [5.41, 5.74) is 17.9. The van der Waals surface area contributed by atoms with E-state index in [2.05, 4.69) is 254 Å². The summed E-state index contributed by atoms with van der Waals surface area (Å²) in [4.78, 5) is 2.35. The average Bonchev–Trinajstić information content (AvgIpc) is 3.33. The number of benzene rings is 8. The van der Waals surface area contributed by atoms with Gasteiger partial charge in [0.05, 0.1) is 0 Å². The molecule has 280 valence electrons. The highest BCUT2D eigenvalue weighted by Gasteiger charge is 2.19. The molecule has 8 aromatic carbocycles. The van der Waals surface area contributed by atoms with Gasteiger partial charge < -0.3 is 4.90 Å². The Morgan fingerprint density at radius 1 is 0.288 bits per heavy atom. The Morgan fingerprint density at radius 2 is 0.678 bits per heavy atom. The Bertz CT molecular complexity index is 2810. The number of anilines is 3. The third-order valence-corrected chi connectivity index (χ3v) is 11.6. The van der Waals surface area contributed by atoms with Gasteiger partial charge in [-0.15, -0.1) is 0 Å². The van der Waals surface area contributed by atoms with E-state index in [4.69, 9.17) is 0 Å². The molecular formula is C58H43N. The number of nitrogens with zero attached hydrogens (tertiary/aromatic N) is 1. The normalized spacial score (nSPS) is 15.4. The fourth-order valence-corrected chi connectivity index (χ4v) is 8.46. The van der Waals surface area contributed by atoms with Crippen LogP contribution in [0.4, 0.5) is 17.1 Å². The van der Waals surface area contributed by atoms with Gasteiger partial charge in [0.15, 0.2) is 0 Å². The summed E-state index contributed by atoms with van der Waals surface area (Å²) in [6.45, 7) is 0. The quantitative estimate of drug-likeness (QED) is 0.142. The molecule has 2 unspecified atom stereocenters. The zero-order chi connectivity index (χ0) is 39.4. The van der Waals surface area contributed by atoms with Crippen molar-refractivity contribution in [3.8, 4) is 55.6 Å². The highest BCUT2D eigenvalue weighted by molar-refractivity contribution is 5.88. The maximum atomic E-state index is 2.40. The fourth-order valence-electron chi connectivity index (χ4n) is 8.46. The molecule has 0 spiro atoms. The topological polar surface area (TPSA) is 3.24 Å². The van der Waals surface area contributed by atoms with Crippen LogP contribution in [0.1, 0.15) is 5.56 Å². The summed E-state index contributed by atoms with van der Waals surface area (Å²) in [7, 11) is 0. The lowest BCUT2D eigenvalue weighted by Crippen LogP contribution is -2.11. The summed E-state index contributed by atoms with van der Waals surface area (Å²) >= 11 is 0. The van der Waals surface area contributed by atoms with Gasteiger partial charge >= 0.3 is 0 Å². The third-order valence-electron chi connectivity index (χ3n) is 11.6. The first-order valence-corrected chi connectivity index (χ1v) is 20.5. The second kappa shape index (κ2) is 16.2. The van der Waals surface area contributed by atoms with Crippen LogP contribution >= 0.6 is 0 Å². The summed E-state index contributed by atoms with van der Waals surface area (Å²) in [5.74, 6) is 0.856. The van der Waals surface area contributed by atoms with Crippen molar-refractivity contribution in [2.24, 2.45) is 11.8 Å². The van der Waals surface area contributed by atoms with Crippen LogP contribution in [0, 0.1) is 11.8 Å². The molecule has 0 bridgehead atoms. The molecule has 2 aliphatic rings. The zero-order valence-corrected chi connectivity index (χ0v) is 32.8. The Kier molecular flexibility index (Phi) is 9.84. The molecule has 0 amide bonds. The van der Waals surface area contributed by atoms with Crippen molar-refractivity contribution in [2.75, 3.05) is 4.90 Å². The molecule has 0 saturated heterocycles. The molecule has 0 aromatic heterocycles. The Labute approximate surface area is 347 Å². The first kappa shape index (κ1) is 35.9. The van der Waals surface area contributed by atoms with Crippen molar-refractivity contribution in [3.05, 3.63) is 254 Å². The van der Waals surface area contributed by atoms with Crippen molar-refractivity contribution in [1.29, 1.82) is 0 Å². The van der Waals surface area contributed by atoms with E-state index in [1.54, 1.807) is 0 Å². The van der Waals surface area contributed by atoms with E-state index >= 15 is 0 Å². The minimum atomic E-state index is 0.409. The molecule has 10 rings (SSSR count). The lowest BCUT2D eigenvalue weighted by Gasteiger charge is -2.27. The lowest BCUT2D eigenvalue weighted by atomic mass is 9.81. The minimum Gasteiger partial charge on any atom is -0.311 e. The van der Waals surface area contributed by atoms with Crippen LogP contribution in [0.3, 0.4) is 0 Å². The van der Waals surface area contributed by atoms with Gasteiger partial charge in [0.1, 0.15) is 0 Å². The molecular weight excluding hydrogens is 711 g/mol. The van der Waals surface area contributed by atoms with E-state index < -0.39 is 0 Å². The van der Waals surface area contributed by atoms with Crippen molar-refractivity contribution in [1.82, 2.24) is 0 Å². The van der Waals surface area contributed by atoms with Gasteiger partial charge in [-0.2, -0.15) is 0 Å². The molecule has 2 aliphatic carbocycles. The van der Waals surface area contributed by atoms with Crippen LogP contribution in [0.5, 0.6) is 0 Å². The summed E-state index contributed by atoms with van der Waals surface area (Å²) in [6.07, 6.45) is 15.9. The minimum absolute atomic E-state index is 0.409. The molecule has 0 radical (unpaired) electrons. The van der Waals surface area contributed by atoms with Crippen LogP contribution in [0.25, 0.3) is 61.2 Å². The monoisotopic (exact) mass is 753 g/mol. The number of rotatable bonds is 9. The Hall–Kier alpha value is -7.48. The maximum Gasteiger partial charge on any atom is 0.0462 e. The van der Waals surface area contributed by atoms with Gasteiger partial charge in [0, 0.05) is 28.9 Å². The first-order valence-electron chi connectivity index (χ1n) is 20.5. The molecule has 8 aromatic rings. The molecule has 0 N–H and O–H groups in total. The second-order valence-corrected chi connectivity index (χ2v) is 15.3. The zero-order valence-electron chi connectivity index (χ0n) is 32.8. The van der Waals surface area contributed by atoms with E-state index in [1.807, 2.05) is 0 Å². The van der Waals surface area contributed by atoms with E-state index in [0.717, 1.165) is 17.1 Å². The van der Waals surface area contributed by atoms with Crippen molar-refractivity contribution in [2.45, 2.75) is 0 Å². The molecule has 0 fully saturated rings. The van der Waals surface area contributed by atoms with Crippen LogP contribution in [0.2, 0.25) is 0 Å². The molecule has 0 heterocycles. The van der Waals surface area contributed by atoms with E-state index in [0.29, 0.717) is 11.8 Å². The molecule has 59 heavy (non-hydrogen) atoms. The van der Waals surface area contributed by atoms with Crippen LogP contribution in [-0.2, 0) is 0 Å². The first-order chi connectivity index (χ1) is 29.2. The summed E-state index contributed by atoms with van der Waals surface area (Å²) in [5, 5.41) is 0. The fraction of sp³-hybridized carbons (Fsp3) is 0.0345. The van der Waals surface area contributed by atoms with E-state index in [9.17, 15) is 0 Å². The maximum absolute atomic E-state index is 2.40. The van der Waals surface area contributed by atoms with Gasteiger partial charge in [-0.1, -0.05) is 206 Å². The van der Waals surface area contributed by atoms with Gasteiger partial charge in [0.2, 0.25) is 0 Å². The van der Waals surface area contributed by atoms with Crippen molar-refractivity contribution >= 4 is 22.6 Å². The highest BCUT2D eigenvalue weighted by Crippen LogP contribution is 2.40. The van der Waals surface area contributed by atoms with Gasteiger partial charge in [0.25, 0.3) is 0 Å². The van der Waals surface area contributed by atoms with Crippen molar-refractivity contribution < 1.29 is 0 Å². The SMILES string of the molecule is C1=CC2C=CC(c3ccc(N(c4ccc(-c5ccccc5)cc4)c4ccc(-c5ccc(-c6cc(-c7ccccc7)ccc6-c6ccccc6)cc5)cc4)cc3)=CC2C=C1. The third kappa shape index (κ3) is 7.55. The van der Waals surface area contributed by atoms with Gasteiger partial charge in [-0.25, -0.2) is 0 Å². The number of hydrogen-bond donors (Lipinski definition) is 0. The standard InChI is InChI=1S/C58H43N/c1-4-12-42(13-5-1)46-26-33-54(34-27-46)59(56-37-30-48(31-38-56)52-25-22-44-16-10-11-19-51(44)40-52)55-35-28-47(29-36-55)45-20-23-50(24-21-45)58-41-53(43-14-6-2-7-15-43)32-39-57(58)49-17-8-3-9-18-49/h1-41,44,51H. The number of hydrogen-bond acceptors (Lipinski definition) is 1. The molecule has 1 heteroatoms.